The Labute approximate surface area is 348 Å². The number of nitrogens with zero attached hydrogens (tertiary/aromatic N) is 6. The van der Waals surface area contributed by atoms with Crippen LogP contribution in [0.15, 0.2) is 157 Å². The van der Waals surface area contributed by atoms with Crippen LogP contribution in [-0.4, -0.2) is 46.2 Å². The van der Waals surface area contributed by atoms with E-state index >= 15 is 0 Å². The molecule has 299 valence electrons. The Morgan fingerprint density at radius 2 is 1.42 bits per heavy atom. The Kier molecular flexibility index (Phi) is 11.5. The number of ether oxygens (including phenoxy) is 1. The van der Waals surface area contributed by atoms with Gasteiger partial charge in [0, 0.05) is 65.1 Å². The minimum atomic E-state index is -0.591. The van der Waals surface area contributed by atoms with Gasteiger partial charge in [-0.1, -0.05) is 78.9 Å². The van der Waals surface area contributed by atoms with Crippen molar-refractivity contribution in [3.63, 3.8) is 0 Å². The molecule has 1 aliphatic heterocycles. The van der Waals surface area contributed by atoms with E-state index < -0.39 is 11.8 Å². The van der Waals surface area contributed by atoms with Crippen molar-refractivity contribution in [1.82, 2.24) is 20.5 Å². The van der Waals surface area contributed by atoms with Crippen LogP contribution in [0.4, 0.5) is 11.4 Å². The number of carbonyl (C=O) groups excluding carboxylic acids is 2. The number of ketones is 1. The molecule has 1 radical (unpaired) electrons. The molecule has 0 atom stereocenters. The van der Waals surface area contributed by atoms with E-state index in [-0.39, 0.29) is 17.2 Å². The number of carbonyl (C=O) groups is 2. The summed E-state index contributed by atoms with van der Waals surface area (Å²) in [6.45, 7) is 0.986. The van der Waals surface area contributed by atoms with E-state index in [2.05, 4.69) is 27.0 Å². The molecule has 0 bridgehead atoms. The lowest BCUT2D eigenvalue weighted by Gasteiger charge is -2.21. The fourth-order valence-corrected chi connectivity index (χ4v) is 7.30. The van der Waals surface area contributed by atoms with Crippen LogP contribution in [0.2, 0.25) is 0 Å². The number of hydrogen-bond acceptors (Lipinski definition) is 8. The average molecular weight is 798 g/mol. The number of allylic oxidation sites excluding steroid dienone is 1. The number of para-hydroxylation sites is 2. The summed E-state index contributed by atoms with van der Waals surface area (Å²) in [7, 11) is 5.80. The predicted molar refractivity (Wildman–Crippen MR) is 230 cm³/mol. The van der Waals surface area contributed by atoms with Gasteiger partial charge in [0.2, 0.25) is 11.0 Å². The van der Waals surface area contributed by atoms with Gasteiger partial charge >= 0.3 is 0 Å². The van der Waals surface area contributed by atoms with Crippen molar-refractivity contribution in [2.75, 3.05) is 19.0 Å². The van der Waals surface area contributed by atoms with Crippen LogP contribution < -0.4 is 24.7 Å². The van der Waals surface area contributed by atoms with E-state index in [1.54, 1.807) is 18.3 Å². The van der Waals surface area contributed by atoms with E-state index in [4.69, 9.17) is 4.74 Å². The zero-order valence-corrected chi connectivity index (χ0v) is 33.7. The molecule has 8 rings (SSSR count). The Balaban J connectivity index is 0.929. The third-order valence-corrected chi connectivity index (χ3v) is 10.4. The highest BCUT2D eigenvalue weighted by atomic mass is 16.5. The molecule has 12 nitrogen and oxygen atoms in total. The molecular formula is C48H45N8O4+2. The first-order valence-corrected chi connectivity index (χ1v) is 19.8. The fourth-order valence-electron chi connectivity index (χ4n) is 7.30. The summed E-state index contributed by atoms with van der Waals surface area (Å²) in [6, 6.07) is 39.6. The molecular weight excluding hydrogens is 753 g/mol. The number of unbranched alkanes of at least 4 members (excludes halogenated alkanes) is 1. The second kappa shape index (κ2) is 17.6. The van der Waals surface area contributed by atoms with Crippen LogP contribution in [-0.2, 0) is 25.7 Å². The van der Waals surface area contributed by atoms with Crippen LogP contribution >= 0.6 is 0 Å². The number of fused-ring (bicyclic) bond motifs is 2. The summed E-state index contributed by atoms with van der Waals surface area (Å²) in [5.74, 6) is -0.717. The molecule has 0 aliphatic carbocycles. The van der Waals surface area contributed by atoms with Gasteiger partial charge in [-0.15, -0.1) is 5.53 Å². The summed E-state index contributed by atoms with van der Waals surface area (Å²) >= 11 is 0. The lowest BCUT2D eigenvalue weighted by molar-refractivity contribution is -0.644. The Hall–Kier alpha value is -7.44. The maximum Gasteiger partial charge on any atom is 0.296 e. The number of nitrogens with one attached hydrogen (secondary N) is 2. The van der Waals surface area contributed by atoms with Gasteiger partial charge in [0.25, 0.3) is 11.8 Å². The minimum Gasteiger partial charge on any atom is -0.493 e. The molecule has 0 unspecified atom stereocenters. The standard InChI is InChI=1S/C48H44N8O4/c1-53-30-38(25-36-15-7-9-18-44(36)53)49-47(58)42-27-41(28-43(51-42)48(59)50-39-26-37-16-8-10-19-45(37)54(2)31-39)60-24-12-11-17-40-32-56(52-55(40)3)29-33-20-22-35(23-21-33)46(57)34-13-5-4-6-14-34/h4-10,13-16,18-23,25-28,30-32,52H,11-12,17,24,29H2,1-3H3/q+1/p+1. The number of aromatic nitrogens is 3. The topological polar surface area (TPSA) is 127 Å². The normalized spacial score (nSPS) is 12.8. The Morgan fingerprint density at radius 1 is 0.767 bits per heavy atom. The fraction of sp³-hybridized carbons (Fsp3) is 0.167. The summed E-state index contributed by atoms with van der Waals surface area (Å²) in [6.07, 6.45) is 8.06. The highest BCUT2D eigenvalue weighted by Crippen LogP contribution is 2.23. The van der Waals surface area contributed by atoms with Crippen LogP contribution in [0.5, 0.6) is 5.75 Å². The van der Waals surface area contributed by atoms with Crippen molar-refractivity contribution >= 4 is 50.8 Å². The van der Waals surface area contributed by atoms with Crippen molar-refractivity contribution in [3.8, 4) is 5.75 Å². The van der Waals surface area contributed by atoms with E-state index in [1.807, 2.05) is 162 Å². The lowest BCUT2D eigenvalue weighted by Crippen LogP contribution is -2.37. The number of benzene rings is 4. The number of rotatable bonds is 14. The monoisotopic (exact) mass is 797 g/mol. The first kappa shape index (κ1) is 39.4. The van der Waals surface area contributed by atoms with Crippen molar-refractivity contribution in [2.24, 2.45) is 19.1 Å². The molecule has 0 spiro atoms. The number of hydrazine groups is 2. The van der Waals surface area contributed by atoms with Crippen LogP contribution in [0.25, 0.3) is 21.8 Å². The van der Waals surface area contributed by atoms with E-state index in [1.165, 1.54) is 0 Å². The van der Waals surface area contributed by atoms with Gasteiger partial charge in [-0.2, -0.15) is 9.13 Å². The molecule has 0 fully saturated rings. The summed E-state index contributed by atoms with van der Waals surface area (Å²) in [4.78, 5) is 35.4. The van der Waals surface area contributed by atoms with E-state index in [9.17, 15) is 14.7 Å². The number of hydrogen-bond donors (Lipinski definition) is 2. The first-order valence-electron chi connectivity index (χ1n) is 19.8. The number of anilines is 1. The maximum absolute atomic E-state index is 13.7. The molecule has 4 heterocycles. The van der Waals surface area contributed by atoms with Gasteiger partial charge < -0.3 is 10.1 Å². The van der Waals surface area contributed by atoms with Gasteiger partial charge in [-0.3, -0.25) is 24.7 Å². The smallest absolute Gasteiger partial charge is 0.296 e. The molecule has 12 heteroatoms. The zero-order valence-electron chi connectivity index (χ0n) is 33.7. The summed E-state index contributed by atoms with van der Waals surface area (Å²) in [5, 5.41) is 22.5. The molecule has 1 aliphatic rings. The second-order valence-electron chi connectivity index (χ2n) is 14.8. The molecule has 7 aromatic rings. The maximum atomic E-state index is 13.7. The van der Waals surface area contributed by atoms with Crippen molar-refractivity contribution in [1.29, 1.82) is 0 Å². The predicted octanol–water partition coefficient (Wildman–Crippen LogP) is 7.29. The highest BCUT2D eigenvalue weighted by molar-refractivity contribution is 6.09. The van der Waals surface area contributed by atoms with Gasteiger partial charge in [0.05, 0.1) is 13.2 Å². The number of aliphatic imine (C=N–C) groups is 1. The third kappa shape index (κ3) is 9.14. The van der Waals surface area contributed by atoms with Crippen LogP contribution in [0, 0.1) is 0 Å². The molecule has 3 aromatic heterocycles. The molecule has 0 saturated heterocycles. The summed E-state index contributed by atoms with van der Waals surface area (Å²) in [5.41, 5.74) is 9.99. The molecule has 4 aromatic carbocycles. The van der Waals surface area contributed by atoms with Gasteiger partial charge in [0.15, 0.2) is 18.2 Å². The van der Waals surface area contributed by atoms with Gasteiger partial charge in [-0.05, 0) is 49.1 Å². The van der Waals surface area contributed by atoms with E-state index in [0.29, 0.717) is 41.4 Å². The average Bonchev–Trinajstić information content (AvgIpc) is 3.61. The van der Waals surface area contributed by atoms with Crippen LogP contribution in [0.1, 0.15) is 56.9 Å². The van der Waals surface area contributed by atoms with Gasteiger partial charge in [0.1, 0.15) is 42.6 Å². The third-order valence-electron chi connectivity index (χ3n) is 10.4. The lowest BCUT2D eigenvalue weighted by atomic mass is 10.0. The first-order chi connectivity index (χ1) is 29.2. The molecule has 1 amide bonds. The van der Waals surface area contributed by atoms with E-state index in [0.717, 1.165) is 52.3 Å². The van der Waals surface area contributed by atoms with Crippen molar-refractivity contribution in [3.05, 3.63) is 180 Å². The minimum absolute atomic E-state index is 0.00105. The van der Waals surface area contributed by atoms with Crippen molar-refractivity contribution < 1.29 is 28.6 Å². The molecule has 0 saturated carbocycles. The van der Waals surface area contributed by atoms with Gasteiger partial charge in [-0.25, -0.2) is 9.98 Å². The Bertz CT molecular complexity index is 2770. The second-order valence-corrected chi connectivity index (χ2v) is 14.8. The zero-order chi connectivity index (χ0) is 41.6. The SMILES string of the molecule is CN1NN(Cc2ccc(C(=O)c3ccccc3)cc2)C=C1CCCCOc1cc(C(=O)Nc2cc3ccccc3[n+](C)c2)nc(C([O])=Nc2cc3ccccc3[n+](C)c2)c1. The Morgan fingerprint density at radius 3 is 2.17 bits per heavy atom. The molecule has 60 heavy (non-hydrogen) atoms. The summed E-state index contributed by atoms with van der Waals surface area (Å²) < 4.78 is 10.0. The number of amides is 1. The quantitative estimate of drug-likeness (QED) is 0.0389. The van der Waals surface area contributed by atoms with Crippen molar-refractivity contribution in [2.45, 2.75) is 25.8 Å². The van der Waals surface area contributed by atoms with Crippen LogP contribution in [0.3, 0.4) is 0 Å². The number of pyridine rings is 3. The largest absolute Gasteiger partial charge is 0.493 e. The highest BCUT2D eigenvalue weighted by Gasteiger charge is 2.20. The molecule has 2 N–H and O–H groups in total. The number of aryl methyl sites for hydroxylation is 2.